The second-order valence-electron chi connectivity index (χ2n) is 6.01. The summed E-state index contributed by atoms with van der Waals surface area (Å²) in [6.07, 6.45) is 3.14. The van der Waals surface area contributed by atoms with Crippen LogP contribution >= 0.6 is 0 Å². The number of aliphatic imine (C=N–C) groups is 1. The van der Waals surface area contributed by atoms with Crippen molar-refractivity contribution in [1.82, 2.24) is 10.3 Å². The van der Waals surface area contributed by atoms with Gasteiger partial charge in [-0.2, -0.15) is 0 Å². The molecule has 25 heavy (non-hydrogen) atoms. The van der Waals surface area contributed by atoms with Crippen molar-refractivity contribution in [2.75, 3.05) is 6.54 Å². The predicted molar refractivity (Wildman–Crippen MR) is 90.1 cm³/mol. The van der Waals surface area contributed by atoms with Crippen molar-refractivity contribution in [2.45, 2.75) is 19.1 Å². The van der Waals surface area contributed by atoms with E-state index in [1.807, 2.05) is 24.3 Å². The number of amides is 2. The number of fused-ring (bicyclic) bond motifs is 2. The Morgan fingerprint density at radius 3 is 2.84 bits per heavy atom. The number of benzene rings is 1. The Bertz CT molecular complexity index is 893. The molecule has 2 amide bonds. The molecule has 3 heterocycles. The van der Waals surface area contributed by atoms with Crippen molar-refractivity contribution in [3.63, 3.8) is 0 Å². The molecule has 0 bridgehead atoms. The van der Waals surface area contributed by atoms with Gasteiger partial charge in [0.2, 0.25) is 0 Å². The van der Waals surface area contributed by atoms with Gasteiger partial charge in [0.1, 0.15) is 6.10 Å². The van der Waals surface area contributed by atoms with Gasteiger partial charge in [-0.1, -0.05) is 6.07 Å². The minimum atomic E-state index is -0.650. The number of nitrogens with one attached hydrogen (secondary N) is 1. The third kappa shape index (κ3) is 2.84. The van der Waals surface area contributed by atoms with Crippen molar-refractivity contribution in [2.24, 2.45) is 10.7 Å². The number of rotatable bonds is 3. The van der Waals surface area contributed by atoms with Crippen LogP contribution in [0.2, 0.25) is 0 Å². The minimum absolute atomic E-state index is 0.147. The zero-order valence-electron chi connectivity index (χ0n) is 13.4. The van der Waals surface area contributed by atoms with Crippen LogP contribution in [0.25, 0.3) is 0 Å². The molecule has 0 spiro atoms. The van der Waals surface area contributed by atoms with Crippen LogP contribution in [-0.2, 0) is 22.5 Å². The van der Waals surface area contributed by atoms with E-state index < -0.39 is 12.1 Å². The highest BCUT2D eigenvalue weighted by Gasteiger charge is 2.30. The summed E-state index contributed by atoms with van der Waals surface area (Å²) in [6, 6.07) is 7.21. The predicted octanol–water partition coefficient (Wildman–Crippen LogP) is 1.24. The van der Waals surface area contributed by atoms with E-state index in [1.165, 1.54) is 0 Å². The normalized spacial score (nSPS) is 18.0. The number of nitrogens with two attached hydrogens (primary N) is 1. The monoisotopic (exact) mass is 336 g/mol. The quantitative estimate of drug-likeness (QED) is 0.822. The summed E-state index contributed by atoms with van der Waals surface area (Å²) in [6.45, 7) is 0.730. The Balaban J connectivity index is 1.73. The van der Waals surface area contributed by atoms with Crippen LogP contribution in [0.15, 0.2) is 41.7 Å². The van der Waals surface area contributed by atoms with E-state index in [0.717, 1.165) is 33.5 Å². The lowest BCUT2D eigenvalue weighted by Crippen LogP contribution is -2.36. The number of esters is 1. The number of cyclic esters (lactones) is 1. The van der Waals surface area contributed by atoms with Crippen molar-refractivity contribution >= 4 is 17.7 Å². The van der Waals surface area contributed by atoms with Crippen LogP contribution in [0.3, 0.4) is 0 Å². The van der Waals surface area contributed by atoms with Gasteiger partial charge in [0.05, 0.1) is 25.2 Å². The highest BCUT2D eigenvalue weighted by atomic mass is 16.5. The highest BCUT2D eigenvalue weighted by Crippen LogP contribution is 2.33. The number of carbonyl (C=O) groups excluding carboxylic acids is 2. The number of nitrogens with zero attached hydrogens (tertiary/aromatic N) is 2. The molecule has 0 saturated carbocycles. The molecule has 1 aromatic heterocycles. The summed E-state index contributed by atoms with van der Waals surface area (Å²) in [5, 5.41) is 2.51. The molecule has 1 aromatic carbocycles. The number of carbonyl (C=O) groups is 2. The molecule has 7 heteroatoms. The fraction of sp³-hybridized carbons (Fsp3) is 0.222. The minimum Gasteiger partial charge on any atom is -0.455 e. The van der Waals surface area contributed by atoms with Gasteiger partial charge >= 0.3 is 12.0 Å². The van der Waals surface area contributed by atoms with E-state index in [1.54, 1.807) is 12.4 Å². The van der Waals surface area contributed by atoms with Crippen molar-refractivity contribution in [3.8, 4) is 0 Å². The molecule has 0 saturated heterocycles. The lowest BCUT2D eigenvalue weighted by molar-refractivity contribution is -0.150. The topological polar surface area (TPSA) is 107 Å². The first kappa shape index (κ1) is 15.3. The number of ether oxygens (including phenoxy) is 1. The van der Waals surface area contributed by atoms with Crippen LogP contribution in [-0.4, -0.2) is 29.2 Å². The van der Waals surface area contributed by atoms with Crippen LogP contribution in [0, 0.1) is 0 Å². The third-order valence-electron chi connectivity index (χ3n) is 4.40. The van der Waals surface area contributed by atoms with Crippen LogP contribution in [0.4, 0.5) is 4.79 Å². The molecule has 0 fully saturated rings. The summed E-state index contributed by atoms with van der Waals surface area (Å²) < 4.78 is 5.40. The van der Waals surface area contributed by atoms with Gasteiger partial charge in [0.25, 0.3) is 0 Å². The number of hydrogen-bond acceptors (Lipinski definition) is 5. The van der Waals surface area contributed by atoms with E-state index in [-0.39, 0.29) is 18.9 Å². The lowest BCUT2D eigenvalue weighted by Gasteiger charge is -2.26. The molecule has 1 atom stereocenters. The van der Waals surface area contributed by atoms with Crippen molar-refractivity contribution < 1.29 is 14.3 Å². The molecule has 3 N–H and O–H groups in total. The van der Waals surface area contributed by atoms with Crippen LogP contribution in [0.1, 0.15) is 33.9 Å². The first-order valence-corrected chi connectivity index (χ1v) is 7.95. The molecular formula is C18H16N4O3. The van der Waals surface area contributed by atoms with Crippen LogP contribution in [0.5, 0.6) is 0 Å². The van der Waals surface area contributed by atoms with Gasteiger partial charge in [-0.25, -0.2) is 4.79 Å². The molecule has 126 valence electrons. The Morgan fingerprint density at radius 1 is 1.28 bits per heavy atom. The highest BCUT2D eigenvalue weighted by molar-refractivity contribution is 6.15. The van der Waals surface area contributed by atoms with Gasteiger partial charge in [-0.05, 0) is 34.9 Å². The maximum atomic E-state index is 11.9. The number of primary amides is 1. The Hall–Kier alpha value is -3.22. The summed E-state index contributed by atoms with van der Waals surface area (Å²) in [7, 11) is 0. The summed E-state index contributed by atoms with van der Waals surface area (Å²) in [5.74, 6) is -0.308. The average molecular weight is 336 g/mol. The number of hydrogen-bond donors (Lipinski definition) is 2. The average Bonchev–Trinajstić information content (AvgIpc) is 3.01. The molecule has 2 aliphatic rings. The van der Waals surface area contributed by atoms with Gasteiger partial charge in [-0.3, -0.25) is 14.8 Å². The van der Waals surface area contributed by atoms with Gasteiger partial charge in [0, 0.05) is 23.5 Å². The molecule has 2 aromatic rings. The smallest absolute Gasteiger partial charge is 0.312 e. The van der Waals surface area contributed by atoms with E-state index in [4.69, 9.17) is 10.5 Å². The lowest BCUT2D eigenvalue weighted by atomic mass is 9.90. The SMILES string of the molecule is NC(=O)NCC1OC(=O)Cc2cc3c(cc21)C(c1ccncc1)=NC3. The summed E-state index contributed by atoms with van der Waals surface area (Å²) in [5.41, 5.74) is 10.9. The molecule has 0 radical (unpaired) electrons. The Kier molecular flexibility index (Phi) is 3.68. The zero-order valence-corrected chi connectivity index (χ0v) is 13.4. The fourth-order valence-corrected chi connectivity index (χ4v) is 3.29. The first-order valence-electron chi connectivity index (χ1n) is 7.95. The second-order valence-corrected chi connectivity index (χ2v) is 6.01. The first-order chi connectivity index (χ1) is 12.1. The molecular weight excluding hydrogens is 320 g/mol. The maximum absolute atomic E-state index is 11.9. The molecule has 1 unspecified atom stereocenters. The molecule has 2 aliphatic heterocycles. The second kappa shape index (κ2) is 6.01. The Labute approximate surface area is 143 Å². The number of urea groups is 1. The Morgan fingerprint density at radius 2 is 2.08 bits per heavy atom. The summed E-state index contributed by atoms with van der Waals surface area (Å²) in [4.78, 5) is 31.5. The fourth-order valence-electron chi connectivity index (χ4n) is 3.29. The van der Waals surface area contributed by atoms with Gasteiger partial charge < -0.3 is 15.8 Å². The largest absolute Gasteiger partial charge is 0.455 e. The number of aromatic nitrogens is 1. The maximum Gasteiger partial charge on any atom is 0.312 e. The van der Waals surface area contributed by atoms with Gasteiger partial charge in [-0.15, -0.1) is 0 Å². The van der Waals surface area contributed by atoms with Crippen LogP contribution < -0.4 is 11.1 Å². The van der Waals surface area contributed by atoms with E-state index in [2.05, 4.69) is 15.3 Å². The van der Waals surface area contributed by atoms with Gasteiger partial charge in [0.15, 0.2) is 0 Å². The zero-order chi connectivity index (χ0) is 17.4. The standard InChI is InChI=1S/C18H16N4O3/c19-18(24)22-9-15-13-7-14-12(5-11(13)6-16(23)25-15)8-21-17(14)10-1-3-20-4-2-10/h1-5,7,15H,6,8-9H2,(H3,19,22,24). The van der Waals surface area contributed by atoms with E-state index in [9.17, 15) is 9.59 Å². The molecule has 4 rings (SSSR count). The van der Waals surface area contributed by atoms with E-state index in [0.29, 0.717) is 6.54 Å². The molecule has 0 aliphatic carbocycles. The molecule has 7 nitrogen and oxygen atoms in total. The van der Waals surface area contributed by atoms with E-state index >= 15 is 0 Å². The van der Waals surface area contributed by atoms with Crippen molar-refractivity contribution in [3.05, 3.63) is 64.5 Å². The third-order valence-corrected chi connectivity index (χ3v) is 4.40. The van der Waals surface area contributed by atoms with Crippen molar-refractivity contribution in [1.29, 1.82) is 0 Å². The summed E-state index contributed by atoms with van der Waals surface area (Å²) >= 11 is 0. The number of pyridine rings is 1.